The quantitative estimate of drug-likeness (QED) is 0.733. The third-order valence-corrected chi connectivity index (χ3v) is 4.24. The number of hydrogen-bond donors (Lipinski definition) is 2. The number of ether oxygens (including phenoxy) is 1. The zero-order valence-corrected chi connectivity index (χ0v) is 12.8. The van der Waals surface area contributed by atoms with Crippen molar-refractivity contribution in [3.05, 3.63) is 0 Å². The molecule has 2 rings (SSSR count). The van der Waals surface area contributed by atoms with Crippen molar-refractivity contribution in [2.24, 2.45) is 5.92 Å². The van der Waals surface area contributed by atoms with E-state index < -0.39 is 11.6 Å². The first kappa shape index (κ1) is 16.0. The highest BCUT2D eigenvalue weighted by atomic mass is 16.5. The summed E-state index contributed by atoms with van der Waals surface area (Å²) in [4.78, 5) is 26.5. The minimum atomic E-state index is -0.985. The van der Waals surface area contributed by atoms with Gasteiger partial charge in [-0.15, -0.1) is 0 Å². The minimum absolute atomic E-state index is 0.0821. The minimum Gasteiger partial charge on any atom is -0.480 e. The maximum atomic E-state index is 12.0. The first-order chi connectivity index (χ1) is 9.92. The Morgan fingerprint density at radius 2 is 2.14 bits per heavy atom. The van der Waals surface area contributed by atoms with E-state index in [1.807, 2.05) is 6.92 Å². The molecule has 2 N–H and O–H groups in total. The Balaban J connectivity index is 1.64. The van der Waals surface area contributed by atoms with Crippen molar-refractivity contribution in [2.75, 3.05) is 45.9 Å². The summed E-state index contributed by atoms with van der Waals surface area (Å²) in [5, 5.41) is 11.6. The van der Waals surface area contributed by atoms with Gasteiger partial charge < -0.3 is 25.0 Å². The number of rotatable bonds is 6. The van der Waals surface area contributed by atoms with E-state index in [1.165, 1.54) is 0 Å². The van der Waals surface area contributed by atoms with Crippen LogP contribution in [-0.2, 0) is 9.53 Å². The number of amides is 2. The van der Waals surface area contributed by atoms with Gasteiger partial charge >= 0.3 is 12.0 Å². The Labute approximate surface area is 125 Å². The van der Waals surface area contributed by atoms with Crippen LogP contribution >= 0.6 is 0 Å². The number of nitrogens with one attached hydrogen (secondary N) is 1. The summed E-state index contributed by atoms with van der Waals surface area (Å²) in [5.74, 6) is -0.453. The van der Waals surface area contributed by atoms with E-state index >= 15 is 0 Å². The number of aliphatic carboxylic acids is 1. The van der Waals surface area contributed by atoms with Crippen molar-refractivity contribution >= 4 is 12.0 Å². The summed E-state index contributed by atoms with van der Waals surface area (Å²) in [6.07, 6.45) is 1.13. The Morgan fingerprint density at radius 3 is 2.71 bits per heavy atom. The summed E-state index contributed by atoms with van der Waals surface area (Å²) in [6, 6.07) is -0.0821. The van der Waals surface area contributed by atoms with Gasteiger partial charge in [0.25, 0.3) is 0 Å². The molecule has 0 radical (unpaired) electrons. The lowest BCUT2D eigenvalue weighted by Gasteiger charge is -2.47. The number of carbonyl (C=O) groups is 2. The van der Waals surface area contributed by atoms with Gasteiger partial charge in [0.15, 0.2) is 0 Å². The molecule has 2 amide bonds. The topological polar surface area (TPSA) is 82.1 Å². The van der Waals surface area contributed by atoms with Crippen molar-refractivity contribution in [1.29, 1.82) is 0 Å². The highest BCUT2D eigenvalue weighted by molar-refractivity contribution is 5.75. The smallest absolute Gasteiger partial charge is 0.329 e. The average Bonchev–Trinajstić information content (AvgIpc) is 2.87. The van der Waals surface area contributed by atoms with Gasteiger partial charge in [0, 0.05) is 13.1 Å². The molecule has 120 valence electrons. The monoisotopic (exact) mass is 299 g/mol. The summed E-state index contributed by atoms with van der Waals surface area (Å²) < 4.78 is 5.29. The van der Waals surface area contributed by atoms with E-state index in [-0.39, 0.29) is 12.6 Å². The summed E-state index contributed by atoms with van der Waals surface area (Å²) in [7, 11) is 0. The summed E-state index contributed by atoms with van der Waals surface area (Å²) >= 11 is 0. The van der Waals surface area contributed by atoms with Crippen LogP contribution in [0.2, 0.25) is 0 Å². The summed E-state index contributed by atoms with van der Waals surface area (Å²) in [6.45, 7) is 8.48. The second kappa shape index (κ2) is 6.62. The number of hydrogen-bond acceptors (Lipinski definition) is 4. The maximum Gasteiger partial charge on any atom is 0.329 e. The van der Waals surface area contributed by atoms with E-state index in [4.69, 9.17) is 9.84 Å². The second-order valence-electron chi connectivity index (χ2n) is 6.22. The van der Waals surface area contributed by atoms with Gasteiger partial charge in [-0.25, -0.2) is 9.59 Å². The molecule has 1 atom stereocenters. The third kappa shape index (κ3) is 4.31. The van der Waals surface area contributed by atoms with Gasteiger partial charge in [-0.2, -0.15) is 0 Å². The highest BCUT2D eigenvalue weighted by Gasteiger charge is 2.42. The second-order valence-corrected chi connectivity index (χ2v) is 6.22. The molecular formula is C14H25N3O4. The van der Waals surface area contributed by atoms with Crippen molar-refractivity contribution in [3.63, 3.8) is 0 Å². The molecule has 2 aliphatic heterocycles. The van der Waals surface area contributed by atoms with Gasteiger partial charge in [0.2, 0.25) is 0 Å². The average molecular weight is 299 g/mol. The largest absolute Gasteiger partial charge is 0.480 e. The third-order valence-electron chi connectivity index (χ3n) is 4.24. The van der Waals surface area contributed by atoms with E-state index in [9.17, 15) is 9.59 Å². The molecule has 0 aliphatic carbocycles. The molecule has 0 spiro atoms. The zero-order valence-electron chi connectivity index (χ0n) is 12.8. The molecule has 0 bridgehead atoms. The van der Waals surface area contributed by atoms with Crippen molar-refractivity contribution in [2.45, 2.75) is 25.9 Å². The SMILES string of the molecule is CCN1CCC(CNC(=O)N2CC(C)(OCC(=O)O)C2)C1. The lowest BCUT2D eigenvalue weighted by molar-refractivity contribution is -0.159. The number of likely N-dealkylation sites (tertiary alicyclic amines) is 2. The fourth-order valence-electron chi connectivity index (χ4n) is 2.94. The van der Waals surface area contributed by atoms with Crippen LogP contribution in [-0.4, -0.2) is 78.4 Å². The number of nitrogens with zero attached hydrogens (tertiary/aromatic N) is 2. The van der Waals surface area contributed by atoms with Gasteiger partial charge in [-0.3, -0.25) is 0 Å². The number of carboxylic acid groups (broad SMARTS) is 1. The Kier molecular flexibility index (Phi) is 5.05. The number of urea groups is 1. The Bertz CT molecular complexity index is 396. The zero-order chi connectivity index (χ0) is 15.5. The van der Waals surface area contributed by atoms with Crippen LogP contribution in [0.25, 0.3) is 0 Å². The van der Waals surface area contributed by atoms with Crippen LogP contribution in [0.5, 0.6) is 0 Å². The molecule has 0 saturated carbocycles. The fraction of sp³-hybridized carbons (Fsp3) is 0.857. The predicted molar refractivity (Wildman–Crippen MR) is 77.2 cm³/mol. The Hall–Kier alpha value is -1.34. The normalized spacial score (nSPS) is 24.7. The molecule has 0 aromatic carbocycles. The predicted octanol–water partition coefficient (Wildman–Crippen LogP) is 0.213. The van der Waals surface area contributed by atoms with E-state index in [1.54, 1.807) is 4.90 Å². The van der Waals surface area contributed by atoms with E-state index in [0.29, 0.717) is 25.6 Å². The van der Waals surface area contributed by atoms with Crippen molar-refractivity contribution in [3.8, 4) is 0 Å². The summed E-state index contributed by atoms with van der Waals surface area (Å²) in [5.41, 5.74) is -0.526. The van der Waals surface area contributed by atoms with Gasteiger partial charge in [0.05, 0.1) is 13.1 Å². The Morgan fingerprint density at radius 1 is 1.43 bits per heavy atom. The fourth-order valence-corrected chi connectivity index (χ4v) is 2.94. The lowest BCUT2D eigenvalue weighted by atomic mass is 9.97. The van der Waals surface area contributed by atoms with Crippen LogP contribution in [0, 0.1) is 5.92 Å². The molecule has 2 aliphatic rings. The number of carbonyl (C=O) groups excluding carboxylic acids is 1. The maximum absolute atomic E-state index is 12.0. The van der Waals surface area contributed by atoms with Crippen molar-refractivity contribution < 1.29 is 19.4 Å². The van der Waals surface area contributed by atoms with E-state index in [0.717, 1.165) is 26.1 Å². The van der Waals surface area contributed by atoms with Gasteiger partial charge in [-0.05, 0) is 32.4 Å². The molecular weight excluding hydrogens is 274 g/mol. The molecule has 7 nitrogen and oxygen atoms in total. The molecule has 2 heterocycles. The number of carboxylic acids is 1. The first-order valence-electron chi connectivity index (χ1n) is 7.53. The molecule has 2 fully saturated rings. The molecule has 0 aromatic heterocycles. The van der Waals surface area contributed by atoms with Crippen molar-refractivity contribution in [1.82, 2.24) is 15.1 Å². The van der Waals surface area contributed by atoms with Crippen LogP contribution in [0.4, 0.5) is 4.79 Å². The van der Waals surface area contributed by atoms with Gasteiger partial charge in [0.1, 0.15) is 12.2 Å². The molecule has 2 saturated heterocycles. The van der Waals surface area contributed by atoms with Crippen LogP contribution < -0.4 is 5.32 Å². The molecule has 7 heteroatoms. The first-order valence-corrected chi connectivity index (χ1v) is 7.53. The van der Waals surface area contributed by atoms with E-state index in [2.05, 4.69) is 17.1 Å². The standard InChI is InChI=1S/C14H25N3O4/c1-3-16-5-4-11(7-16)6-15-13(20)17-9-14(2,10-17)21-8-12(18)19/h11H,3-10H2,1-2H3,(H,15,20)(H,18,19). The lowest BCUT2D eigenvalue weighted by Crippen LogP contribution is -2.65. The van der Waals surface area contributed by atoms with Gasteiger partial charge in [-0.1, -0.05) is 6.92 Å². The highest BCUT2D eigenvalue weighted by Crippen LogP contribution is 2.24. The van der Waals surface area contributed by atoms with Crippen LogP contribution in [0.3, 0.4) is 0 Å². The molecule has 1 unspecified atom stereocenters. The molecule has 21 heavy (non-hydrogen) atoms. The molecule has 0 aromatic rings. The van der Waals surface area contributed by atoms with Crippen LogP contribution in [0.1, 0.15) is 20.3 Å². The van der Waals surface area contributed by atoms with Crippen LogP contribution in [0.15, 0.2) is 0 Å².